The van der Waals surface area contributed by atoms with Crippen molar-refractivity contribution in [1.29, 1.82) is 5.26 Å². The van der Waals surface area contributed by atoms with E-state index in [0.717, 1.165) is 50.0 Å². The van der Waals surface area contributed by atoms with Gasteiger partial charge >= 0.3 is 0 Å². The summed E-state index contributed by atoms with van der Waals surface area (Å²) in [5, 5.41) is 16.4. The maximum atomic E-state index is 13.9. The van der Waals surface area contributed by atoms with Gasteiger partial charge in [0.2, 0.25) is 5.95 Å². The van der Waals surface area contributed by atoms with Gasteiger partial charge < -0.3 is 15.5 Å². The number of unbranched alkanes of at least 4 members (excludes halogenated alkanes) is 1. The highest BCUT2D eigenvalue weighted by atomic mass is 35.5. The number of fused-ring (bicyclic) bond motifs is 1. The first-order valence-corrected chi connectivity index (χ1v) is 15.3. The summed E-state index contributed by atoms with van der Waals surface area (Å²) in [6.07, 6.45) is 5.82. The molecule has 0 atom stereocenters. The lowest BCUT2D eigenvalue weighted by Crippen LogP contribution is -2.25. The summed E-state index contributed by atoms with van der Waals surface area (Å²) in [6, 6.07) is 18.3. The molecule has 1 amide bonds. The molecular weight excluding hydrogens is 574 g/mol. The van der Waals surface area contributed by atoms with Crippen LogP contribution in [0.4, 0.5) is 11.6 Å². The predicted octanol–water partition coefficient (Wildman–Crippen LogP) is 6.30. The van der Waals surface area contributed by atoms with E-state index in [-0.39, 0.29) is 11.1 Å². The molecule has 2 heterocycles. The van der Waals surface area contributed by atoms with E-state index in [1.807, 2.05) is 36.4 Å². The van der Waals surface area contributed by atoms with Gasteiger partial charge in [-0.25, -0.2) is 4.98 Å². The molecule has 44 heavy (non-hydrogen) atoms. The van der Waals surface area contributed by atoms with E-state index >= 15 is 0 Å². The number of rotatable bonds is 14. The Morgan fingerprint density at radius 3 is 2.52 bits per heavy atom. The average Bonchev–Trinajstić information content (AvgIpc) is 3.04. The van der Waals surface area contributed by atoms with Crippen LogP contribution >= 0.6 is 11.6 Å². The van der Waals surface area contributed by atoms with Crippen LogP contribution in [0.2, 0.25) is 5.02 Å². The second-order valence-electron chi connectivity index (χ2n) is 10.3. The first-order chi connectivity index (χ1) is 21.4. The number of amides is 1. The van der Waals surface area contributed by atoms with E-state index in [0.29, 0.717) is 46.4 Å². The number of carbonyl (C=O) groups excluding carboxylic acids is 1. The minimum Gasteiger partial charge on any atom is -0.354 e. The molecule has 10 heteroatoms. The lowest BCUT2D eigenvalue weighted by atomic mass is 10.1. The third-order valence-electron chi connectivity index (χ3n) is 7.56. The zero-order valence-electron chi connectivity index (χ0n) is 25.4. The number of aryl methyl sites for hydroxylation is 2. The molecular formula is C34H38ClN7O2. The quantitative estimate of drug-likeness (QED) is 0.0977. The van der Waals surface area contributed by atoms with Gasteiger partial charge in [0.05, 0.1) is 0 Å². The highest BCUT2D eigenvalue weighted by Crippen LogP contribution is 2.27. The number of nitrogens with zero attached hydrogens (tertiary/aromatic N) is 5. The van der Waals surface area contributed by atoms with Crippen molar-refractivity contribution in [2.75, 3.05) is 36.8 Å². The van der Waals surface area contributed by atoms with Gasteiger partial charge in [-0.2, -0.15) is 10.2 Å². The molecule has 0 bridgehead atoms. The summed E-state index contributed by atoms with van der Waals surface area (Å²) < 4.78 is 1.68. The van der Waals surface area contributed by atoms with Gasteiger partial charge in [0, 0.05) is 46.5 Å². The van der Waals surface area contributed by atoms with E-state index in [9.17, 15) is 9.59 Å². The molecule has 0 unspecified atom stereocenters. The third kappa shape index (κ3) is 8.10. The maximum absolute atomic E-state index is 13.9. The van der Waals surface area contributed by atoms with Crippen molar-refractivity contribution in [2.45, 2.75) is 46.6 Å². The van der Waals surface area contributed by atoms with Crippen molar-refractivity contribution in [1.82, 2.24) is 19.4 Å². The second-order valence-corrected chi connectivity index (χ2v) is 10.8. The fraction of sp³-hybridized carbons (Fsp3) is 0.324. The van der Waals surface area contributed by atoms with Crippen molar-refractivity contribution in [3.05, 3.63) is 93.4 Å². The van der Waals surface area contributed by atoms with Crippen LogP contribution in [0.25, 0.3) is 22.2 Å². The summed E-state index contributed by atoms with van der Waals surface area (Å²) in [6.45, 7) is 10.3. The number of nitrogens with one attached hydrogen (secondary N) is 2. The van der Waals surface area contributed by atoms with Gasteiger partial charge in [0.15, 0.2) is 0 Å². The smallest absolute Gasteiger partial charge is 0.265 e. The molecule has 4 rings (SSSR count). The SMILES string of the molecule is C/C=C(/C#N)C(=O)Nc1ccc(CCn2c(=O)c(-c3ccccc3Cl)cc3cnc(NCCCCN(CC)CC)nc32)cc1. The van der Waals surface area contributed by atoms with Crippen molar-refractivity contribution in [3.8, 4) is 17.2 Å². The van der Waals surface area contributed by atoms with Crippen LogP contribution in [0.5, 0.6) is 0 Å². The molecule has 4 aromatic rings. The molecule has 2 aromatic heterocycles. The standard InChI is InChI=1S/C34H38ClN7O2/c1-4-25(22-36)32(43)39-27-15-13-24(14-16-27)17-20-42-31-26(21-29(33(42)44)28-11-7-8-12-30(28)35)23-38-34(40-31)37-18-9-10-19-41(5-2)6-3/h4,7-8,11-16,21,23H,5-6,9-10,17-20H2,1-3H3,(H,39,43)(H,37,38,40)/b25-4-. The van der Waals surface area contributed by atoms with Crippen LogP contribution in [0.15, 0.2) is 77.2 Å². The Hall–Kier alpha value is -4.52. The number of anilines is 2. The number of allylic oxidation sites excluding steroid dienone is 1. The third-order valence-corrected chi connectivity index (χ3v) is 7.89. The maximum Gasteiger partial charge on any atom is 0.265 e. The first kappa shape index (κ1) is 32.4. The molecule has 0 saturated heterocycles. The average molecular weight is 612 g/mol. The van der Waals surface area contributed by atoms with Gasteiger partial charge in [-0.15, -0.1) is 0 Å². The van der Waals surface area contributed by atoms with E-state index < -0.39 is 5.91 Å². The first-order valence-electron chi connectivity index (χ1n) is 15.0. The molecule has 0 spiro atoms. The summed E-state index contributed by atoms with van der Waals surface area (Å²) in [5.74, 6) is 0.0297. The molecule has 228 valence electrons. The number of pyridine rings is 1. The number of aromatic nitrogens is 3. The number of halogens is 1. The van der Waals surface area contributed by atoms with Gasteiger partial charge in [0.1, 0.15) is 17.3 Å². The van der Waals surface area contributed by atoms with Crippen LogP contribution < -0.4 is 16.2 Å². The molecule has 0 aliphatic carbocycles. The lowest BCUT2D eigenvalue weighted by molar-refractivity contribution is -0.112. The van der Waals surface area contributed by atoms with E-state index in [2.05, 4.69) is 34.4 Å². The number of nitriles is 1. The zero-order valence-corrected chi connectivity index (χ0v) is 26.2. The fourth-order valence-electron chi connectivity index (χ4n) is 4.97. The number of benzene rings is 2. The molecule has 0 fully saturated rings. The molecule has 9 nitrogen and oxygen atoms in total. The molecule has 0 aliphatic rings. The fourth-order valence-corrected chi connectivity index (χ4v) is 5.20. The zero-order chi connectivity index (χ0) is 31.5. The minimum atomic E-state index is -0.454. The van der Waals surface area contributed by atoms with Gasteiger partial charge in [-0.3, -0.25) is 14.2 Å². The van der Waals surface area contributed by atoms with Crippen LogP contribution in [0, 0.1) is 11.3 Å². The van der Waals surface area contributed by atoms with Crippen molar-refractivity contribution < 1.29 is 4.79 Å². The largest absolute Gasteiger partial charge is 0.354 e. The Bertz CT molecular complexity index is 1720. The Balaban J connectivity index is 1.58. The topological polar surface area (TPSA) is 116 Å². The Morgan fingerprint density at radius 2 is 1.84 bits per heavy atom. The highest BCUT2D eigenvalue weighted by Gasteiger charge is 2.16. The van der Waals surface area contributed by atoms with Gasteiger partial charge in [0.25, 0.3) is 11.5 Å². The van der Waals surface area contributed by atoms with Crippen molar-refractivity contribution in [2.24, 2.45) is 0 Å². The molecule has 2 N–H and O–H groups in total. The molecule has 0 radical (unpaired) electrons. The van der Waals surface area contributed by atoms with Crippen LogP contribution in [0.1, 0.15) is 39.2 Å². The molecule has 0 aliphatic heterocycles. The van der Waals surface area contributed by atoms with Crippen LogP contribution in [-0.2, 0) is 17.8 Å². The molecule has 0 saturated carbocycles. The van der Waals surface area contributed by atoms with E-state index in [4.69, 9.17) is 21.8 Å². The number of carbonyl (C=O) groups is 1. The van der Waals surface area contributed by atoms with Gasteiger partial charge in [-0.05, 0) is 75.6 Å². The van der Waals surface area contributed by atoms with Crippen LogP contribution in [0.3, 0.4) is 0 Å². The molecule has 2 aromatic carbocycles. The summed E-state index contributed by atoms with van der Waals surface area (Å²) in [7, 11) is 0. The Kier molecular flexibility index (Phi) is 11.6. The summed E-state index contributed by atoms with van der Waals surface area (Å²) >= 11 is 6.50. The Morgan fingerprint density at radius 1 is 1.09 bits per heavy atom. The summed E-state index contributed by atoms with van der Waals surface area (Å²) in [4.78, 5) is 37.8. The highest BCUT2D eigenvalue weighted by molar-refractivity contribution is 6.33. The number of hydrogen-bond donors (Lipinski definition) is 2. The normalized spacial score (nSPS) is 11.5. The van der Waals surface area contributed by atoms with Gasteiger partial charge in [-0.1, -0.05) is 61.9 Å². The monoisotopic (exact) mass is 611 g/mol. The van der Waals surface area contributed by atoms with E-state index in [1.165, 1.54) is 6.08 Å². The number of hydrogen-bond acceptors (Lipinski definition) is 7. The van der Waals surface area contributed by atoms with Crippen molar-refractivity contribution in [3.63, 3.8) is 0 Å². The van der Waals surface area contributed by atoms with Crippen LogP contribution in [-0.4, -0.2) is 51.5 Å². The minimum absolute atomic E-state index is 0.0502. The van der Waals surface area contributed by atoms with E-state index in [1.54, 1.807) is 42.0 Å². The van der Waals surface area contributed by atoms with Crippen molar-refractivity contribution >= 4 is 40.2 Å². The lowest BCUT2D eigenvalue weighted by Gasteiger charge is -2.17. The second kappa shape index (κ2) is 15.8. The predicted molar refractivity (Wildman–Crippen MR) is 178 cm³/mol. The summed E-state index contributed by atoms with van der Waals surface area (Å²) in [5.41, 5.74) is 3.10. The Labute approximate surface area is 263 Å².